The summed E-state index contributed by atoms with van der Waals surface area (Å²) in [7, 11) is -0.261. The zero-order chi connectivity index (χ0) is 15.4. The molecule has 1 saturated heterocycles. The Kier molecular flexibility index (Phi) is 6.37. The Balaban J connectivity index is 3.02. The van der Waals surface area contributed by atoms with Crippen molar-refractivity contribution >= 4 is 18.7 Å². The largest absolute Gasteiger partial charge is 0.490 e. The second-order valence-corrected chi connectivity index (χ2v) is 6.73. The van der Waals surface area contributed by atoms with Crippen LogP contribution >= 0.6 is 11.6 Å². The van der Waals surface area contributed by atoms with Crippen molar-refractivity contribution in [3.8, 4) is 0 Å². The topological polar surface area (TPSA) is 18.5 Å². The molecule has 0 aromatic carbocycles. The first-order chi connectivity index (χ1) is 9.29. The van der Waals surface area contributed by atoms with Crippen LogP contribution in [-0.4, -0.2) is 24.2 Å². The molecule has 0 radical (unpaired) electrons. The molecular weight excluding hydrogens is 270 g/mol. The minimum absolute atomic E-state index is 0.261. The van der Waals surface area contributed by atoms with Gasteiger partial charge >= 0.3 is 7.12 Å². The van der Waals surface area contributed by atoms with E-state index in [0.717, 1.165) is 25.7 Å². The molecule has 1 aliphatic rings. The van der Waals surface area contributed by atoms with Crippen LogP contribution in [0.2, 0.25) is 0 Å². The Bertz CT molecular complexity index is 359. The van der Waals surface area contributed by atoms with Crippen molar-refractivity contribution in [2.75, 3.05) is 5.88 Å². The van der Waals surface area contributed by atoms with Gasteiger partial charge in [0.05, 0.1) is 11.2 Å². The summed E-state index contributed by atoms with van der Waals surface area (Å²) in [5, 5.41) is 0. The molecule has 1 fully saturated rings. The lowest BCUT2D eigenvalue weighted by Gasteiger charge is -2.32. The van der Waals surface area contributed by atoms with E-state index in [1.807, 2.05) is 6.08 Å². The number of allylic oxidation sites excluding steroid dienone is 3. The number of halogens is 1. The van der Waals surface area contributed by atoms with Crippen molar-refractivity contribution in [2.45, 2.75) is 71.5 Å². The van der Waals surface area contributed by atoms with Gasteiger partial charge in [0.15, 0.2) is 0 Å². The summed E-state index contributed by atoms with van der Waals surface area (Å²) in [4.78, 5) is 0. The minimum atomic E-state index is -0.296. The Hall–Kier alpha value is -0.245. The average molecular weight is 299 g/mol. The highest BCUT2D eigenvalue weighted by Crippen LogP contribution is 2.40. The number of hydrogen-bond donors (Lipinski definition) is 0. The van der Waals surface area contributed by atoms with Crippen LogP contribution in [0, 0.1) is 0 Å². The molecule has 0 aliphatic carbocycles. The minimum Gasteiger partial charge on any atom is -0.400 e. The molecule has 0 aromatic rings. The molecule has 1 rings (SSSR count). The van der Waals surface area contributed by atoms with Crippen LogP contribution in [-0.2, 0) is 9.31 Å². The summed E-state index contributed by atoms with van der Waals surface area (Å²) in [6.07, 6.45) is 5.74. The van der Waals surface area contributed by atoms with E-state index < -0.39 is 0 Å². The highest BCUT2D eigenvalue weighted by molar-refractivity contribution is 6.54. The van der Waals surface area contributed by atoms with Gasteiger partial charge in [-0.1, -0.05) is 18.6 Å². The van der Waals surface area contributed by atoms with Crippen molar-refractivity contribution in [1.82, 2.24) is 0 Å². The van der Waals surface area contributed by atoms with E-state index in [1.165, 1.54) is 11.0 Å². The average Bonchev–Trinajstić information content (AvgIpc) is 2.57. The van der Waals surface area contributed by atoms with E-state index in [-0.39, 0.29) is 18.3 Å². The first-order valence-corrected chi connectivity index (χ1v) is 8.05. The molecule has 0 aromatic heterocycles. The highest BCUT2D eigenvalue weighted by atomic mass is 35.5. The maximum Gasteiger partial charge on any atom is 0.490 e. The molecule has 0 unspecified atom stereocenters. The van der Waals surface area contributed by atoms with Gasteiger partial charge < -0.3 is 9.31 Å². The van der Waals surface area contributed by atoms with Gasteiger partial charge in [-0.15, -0.1) is 18.2 Å². The molecule has 4 heteroatoms. The number of rotatable bonds is 7. The van der Waals surface area contributed by atoms with Gasteiger partial charge in [-0.05, 0) is 58.9 Å². The quantitative estimate of drug-likeness (QED) is 0.377. The van der Waals surface area contributed by atoms with E-state index in [1.54, 1.807) is 0 Å². The number of alkyl halides is 1. The van der Waals surface area contributed by atoms with Crippen LogP contribution in [0.25, 0.3) is 0 Å². The van der Waals surface area contributed by atoms with Gasteiger partial charge in [-0.2, -0.15) is 0 Å². The van der Waals surface area contributed by atoms with E-state index in [9.17, 15) is 0 Å². The molecule has 20 heavy (non-hydrogen) atoms. The SMILES string of the molecule is C=CC/C(B1OC(C)(C)C(C)(C)O1)=C(\CC)CCCCl. The fourth-order valence-electron chi connectivity index (χ4n) is 2.39. The summed E-state index contributed by atoms with van der Waals surface area (Å²) in [6.45, 7) is 14.4. The summed E-state index contributed by atoms with van der Waals surface area (Å²) in [6, 6.07) is 0. The third kappa shape index (κ3) is 3.90. The predicted octanol–water partition coefficient (Wildman–Crippen LogP) is 4.92. The summed E-state index contributed by atoms with van der Waals surface area (Å²) < 4.78 is 12.4. The first kappa shape index (κ1) is 17.8. The van der Waals surface area contributed by atoms with Gasteiger partial charge in [0, 0.05) is 5.88 Å². The lowest BCUT2D eigenvalue weighted by Crippen LogP contribution is -2.41. The van der Waals surface area contributed by atoms with Crippen molar-refractivity contribution in [3.63, 3.8) is 0 Å². The molecule has 114 valence electrons. The summed E-state index contributed by atoms with van der Waals surface area (Å²) >= 11 is 5.83. The Labute approximate surface area is 129 Å². The third-order valence-corrected chi connectivity index (χ3v) is 4.66. The second kappa shape index (κ2) is 7.15. The van der Waals surface area contributed by atoms with Gasteiger partial charge in [-0.25, -0.2) is 0 Å². The highest BCUT2D eigenvalue weighted by Gasteiger charge is 2.52. The van der Waals surface area contributed by atoms with Gasteiger partial charge in [0.1, 0.15) is 0 Å². The fourth-order valence-corrected chi connectivity index (χ4v) is 2.53. The standard InChI is InChI=1S/C16H28BClO2/c1-7-10-14(13(8-2)11-9-12-18)17-19-15(3,4)16(5,6)20-17/h7H,1,8-12H2,2-6H3/b14-13-. The van der Waals surface area contributed by atoms with Gasteiger partial charge in [0.2, 0.25) is 0 Å². The molecule has 0 atom stereocenters. The Morgan fingerprint density at radius 2 is 1.75 bits per heavy atom. The zero-order valence-electron chi connectivity index (χ0n) is 13.6. The molecular formula is C16H28BClO2. The molecule has 0 N–H and O–H groups in total. The second-order valence-electron chi connectivity index (χ2n) is 6.36. The first-order valence-electron chi connectivity index (χ1n) is 7.52. The van der Waals surface area contributed by atoms with Crippen molar-refractivity contribution in [3.05, 3.63) is 23.7 Å². The third-order valence-electron chi connectivity index (χ3n) is 4.40. The van der Waals surface area contributed by atoms with Crippen molar-refractivity contribution in [2.24, 2.45) is 0 Å². The number of hydrogen-bond acceptors (Lipinski definition) is 2. The normalized spacial score (nSPS) is 21.8. The Morgan fingerprint density at radius 3 is 2.15 bits per heavy atom. The van der Waals surface area contributed by atoms with Crippen LogP contribution in [0.15, 0.2) is 23.7 Å². The lowest BCUT2D eigenvalue weighted by atomic mass is 9.72. The van der Waals surface area contributed by atoms with Gasteiger partial charge in [0.25, 0.3) is 0 Å². The van der Waals surface area contributed by atoms with Crippen LogP contribution in [0.5, 0.6) is 0 Å². The molecule has 0 bridgehead atoms. The predicted molar refractivity (Wildman–Crippen MR) is 88.2 cm³/mol. The van der Waals surface area contributed by atoms with Crippen LogP contribution in [0.4, 0.5) is 0 Å². The summed E-state index contributed by atoms with van der Waals surface area (Å²) in [5.74, 6) is 0.689. The molecule has 2 nitrogen and oxygen atoms in total. The van der Waals surface area contributed by atoms with Crippen LogP contribution < -0.4 is 0 Å². The smallest absolute Gasteiger partial charge is 0.400 e. The maximum atomic E-state index is 6.18. The fraction of sp³-hybridized carbons (Fsp3) is 0.750. The molecule has 0 saturated carbocycles. The van der Waals surface area contributed by atoms with E-state index in [0.29, 0.717) is 5.88 Å². The zero-order valence-corrected chi connectivity index (χ0v) is 14.3. The van der Waals surface area contributed by atoms with Crippen molar-refractivity contribution < 1.29 is 9.31 Å². The summed E-state index contributed by atoms with van der Waals surface area (Å²) in [5.41, 5.74) is 2.03. The van der Waals surface area contributed by atoms with E-state index in [4.69, 9.17) is 20.9 Å². The van der Waals surface area contributed by atoms with Crippen LogP contribution in [0.1, 0.15) is 60.3 Å². The molecule has 0 spiro atoms. The van der Waals surface area contributed by atoms with Crippen LogP contribution in [0.3, 0.4) is 0 Å². The maximum absolute atomic E-state index is 6.18. The lowest BCUT2D eigenvalue weighted by molar-refractivity contribution is 0.00578. The molecule has 1 aliphatic heterocycles. The van der Waals surface area contributed by atoms with Gasteiger partial charge in [-0.3, -0.25) is 0 Å². The molecule has 0 amide bonds. The van der Waals surface area contributed by atoms with E-state index >= 15 is 0 Å². The molecule has 1 heterocycles. The monoisotopic (exact) mass is 298 g/mol. The Morgan fingerprint density at radius 1 is 1.20 bits per heavy atom. The van der Waals surface area contributed by atoms with Crippen molar-refractivity contribution in [1.29, 1.82) is 0 Å². The van der Waals surface area contributed by atoms with E-state index in [2.05, 4.69) is 41.2 Å².